The molecule has 3 rings (SSSR count). The topological polar surface area (TPSA) is 58.4 Å². The first-order valence-corrected chi connectivity index (χ1v) is 7.74. The molecule has 0 bridgehead atoms. The van der Waals surface area contributed by atoms with Crippen molar-refractivity contribution in [3.05, 3.63) is 47.2 Å². The van der Waals surface area contributed by atoms with Crippen LogP contribution in [0.1, 0.15) is 18.4 Å². The zero-order valence-corrected chi connectivity index (χ0v) is 12.9. The minimum absolute atomic E-state index is 0.253. The van der Waals surface area contributed by atoms with E-state index in [0.29, 0.717) is 11.6 Å². The fourth-order valence-electron chi connectivity index (χ4n) is 2.86. The van der Waals surface area contributed by atoms with Crippen molar-refractivity contribution in [3.8, 4) is 5.69 Å². The summed E-state index contributed by atoms with van der Waals surface area (Å²) in [6.45, 7) is 2.27. The Labute approximate surface area is 134 Å². The van der Waals surface area contributed by atoms with Gasteiger partial charge in [-0.15, -0.1) is 0 Å². The van der Waals surface area contributed by atoms with E-state index >= 15 is 0 Å². The zero-order chi connectivity index (χ0) is 15.5. The number of carboxylic acid groups (broad SMARTS) is 1. The number of benzene rings is 1. The second kappa shape index (κ2) is 6.50. The number of carboxylic acids is 1. The summed E-state index contributed by atoms with van der Waals surface area (Å²) < 4.78 is 1.79. The van der Waals surface area contributed by atoms with Gasteiger partial charge in [0.25, 0.3) is 0 Å². The van der Waals surface area contributed by atoms with Gasteiger partial charge in [-0.2, -0.15) is 5.10 Å². The Morgan fingerprint density at radius 3 is 3.09 bits per heavy atom. The van der Waals surface area contributed by atoms with Crippen LogP contribution in [0.25, 0.3) is 5.69 Å². The maximum atomic E-state index is 11.1. The predicted octanol–water partition coefficient (Wildman–Crippen LogP) is 2.82. The van der Waals surface area contributed by atoms with Crippen LogP contribution in [-0.4, -0.2) is 38.8 Å². The van der Waals surface area contributed by atoms with Crippen LogP contribution in [0.5, 0.6) is 0 Å². The molecule has 0 aliphatic carbocycles. The lowest BCUT2D eigenvalue weighted by Gasteiger charge is -2.30. The predicted molar refractivity (Wildman–Crippen MR) is 84.2 cm³/mol. The molecule has 0 spiro atoms. The van der Waals surface area contributed by atoms with Crippen LogP contribution >= 0.6 is 11.6 Å². The minimum Gasteiger partial charge on any atom is -0.481 e. The molecule has 1 aromatic carbocycles. The molecule has 1 atom stereocenters. The highest BCUT2D eigenvalue weighted by molar-refractivity contribution is 6.30. The first kappa shape index (κ1) is 15.1. The highest BCUT2D eigenvalue weighted by atomic mass is 35.5. The zero-order valence-electron chi connectivity index (χ0n) is 12.2. The van der Waals surface area contributed by atoms with Crippen molar-refractivity contribution >= 4 is 17.6 Å². The third-order valence-electron chi connectivity index (χ3n) is 3.97. The van der Waals surface area contributed by atoms with Crippen LogP contribution in [0.3, 0.4) is 0 Å². The van der Waals surface area contributed by atoms with Crippen molar-refractivity contribution in [2.75, 3.05) is 13.1 Å². The van der Waals surface area contributed by atoms with Gasteiger partial charge in [0, 0.05) is 29.9 Å². The number of hydrogen-bond acceptors (Lipinski definition) is 3. The molecule has 1 aliphatic rings. The third-order valence-corrected chi connectivity index (χ3v) is 4.20. The van der Waals surface area contributed by atoms with E-state index in [-0.39, 0.29) is 5.92 Å². The Kier molecular flexibility index (Phi) is 4.45. The van der Waals surface area contributed by atoms with Crippen LogP contribution in [-0.2, 0) is 11.3 Å². The Bertz CT molecular complexity index is 671. The standard InChI is InChI=1S/C16H18ClN3O2/c17-14-4-1-5-15(7-14)20-10-12(8-18-20)9-19-6-2-3-13(11-19)16(21)22/h1,4-5,7-8,10,13H,2-3,6,9,11H2,(H,21,22)/t13-/m0/s1. The number of likely N-dealkylation sites (tertiary alicyclic amines) is 1. The molecule has 0 radical (unpaired) electrons. The molecule has 0 saturated carbocycles. The van der Waals surface area contributed by atoms with Crippen molar-refractivity contribution < 1.29 is 9.90 Å². The number of nitrogens with zero attached hydrogens (tertiary/aromatic N) is 3. The molecular formula is C16H18ClN3O2. The van der Waals surface area contributed by atoms with Gasteiger partial charge in [0.05, 0.1) is 17.8 Å². The van der Waals surface area contributed by atoms with Crippen LogP contribution < -0.4 is 0 Å². The lowest BCUT2D eigenvalue weighted by Crippen LogP contribution is -2.38. The van der Waals surface area contributed by atoms with Crippen molar-refractivity contribution in [2.24, 2.45) is 5.92 Å². The lowest BCUT2D eigenvalue weighted by molar-refractivity contribution is -0.143. The molecule has 5 nitrogen and oxygen atoms in total. The smallest absolute Gasteiger partial charge is 0.307 e. The van der Waals surface area contributed by atoms with E-state index in [9.17, 15) is 4.79 Å². The molecule has 22 heavy (non-hydrogen) atoms. The SMILES string of the molecule is O=C(O)[C@H]1CCCN(Cc2cnn(-c3cccc(Cl)c3)c2)C1. The van der Waals surface area contributed by atoms with Crippen LogP contribution in [0.4, 0.5) is 0 Å². The lowest BCUT2D eigenvalue weighted by atomic mass is 9.98. The molecule has 2 heterocycles. The molecular weight excluding hydrogens is 302 g/mol. The Morgan fingerprint density at radius 1 is 1.45 bits per heavy atom. The molecule has 2 aromatic rings. The van der Waals surface area contributed by atoms with E-state index in [4.69, 9.17) is 16.7 Å². The molecule has 1 fully saturated rings. The molecule has 1 saturated heterocycles. The van der Waals surface area contributed by atoms with Gasteiger partial charge in [0.1, 0.15) is 0 Å². The summed E-state index contributed by atoms with van der Waals surface area (Å²) in [5, 5.41) is 14.2. The molecule has 0 unspecified atom stereocenters. The van der Waals surface area contributed by atoms with Gasteiger partial charge in [0.15, 0.2) is 0 Å². The van der Waals surface area contributed by atoms with E-state index in [0.717, 1.165) is 37.2 Å². The van der Waals surface area contributed by atoms with Gasteiger partial charge in [-0.1, -0.05) is 17.7 Å². The number of carbonyl (C=O) groups is 1. The number of rotatable bonds is 4. The molecule has 116 valence electrons. The van der Waals surface area contributed by atoms with Gasteiger partial charge in [-0.3, -0.25) is 9.69 Å². The number of aliphatic carboxylic acids is 1. The highest BCUT2D eigenvalue weighted by Gasteiger charge is 2.25. The van der Waals surface area contributed by atoms with E-state index in [2.05, 4.69) is 10.00 Å². The highest BCUT2D eigenvalue weighted by Crippen LogP contribution is 2.19. The summed E-state index contributed by atoms with van der Waals surface area (Å²) in [6, 6.07) is 7.53. The maximum absolute atomic E-state index is 11.1. The summed E-state index contributed by atoms with van der Waals surface area (Å²) in [5.41, 5.74) is 1.99. The van der Waals surface area contributed by atoms with Crippen molar-refractivity contribution in [1.82, 2.24) is 14.7 Å². The summed E-state index contributed by atoms with van der Waals surface area (Å²) in [5.74, 6) is -0.948. The minimum atomic E-state index is -0.695. The Hall–Kier alpha value is -1.85. The number of piperidine rings is 1. The van der Waals surface area contributed by atoms with Crippen molar-refractivity contribution in [3.63, 3.8) is 0 Å². The molecule has 1 N–H and O–H groups in total. The monoisotopic (exact) mass is 319 g/mol. The first-order valence-electron chi connectivity index (χ1n) is 7.36. The van der Waals surface area contributed by atoms with Crippen LogP contribution in [0, 0.1) is 5.92 Å². The Balaban J connectivity index is 1.68. The summed E-state index contributed by atoms with van der Waals surface area (Å²) in [4.78, 5) is 13.3. The third kappa shape index (κ3) is 3.48. The van der Waals surface area contributed by atoms with E-state index in [1.165, 1.54) is 0 Å². The van der Waals surface area contributed by atoms with Gasteiger partial charge in [0.2, 0.25) is 0 Å². The summed E-state index contributed by atoms with van der Waals surface area (Å²) in [6.07, 6.45) is 5.49. The summed E-state index contributed by atoms with van der Waals surface area (Å²) >= 11 is 6.00. The second-order valence-electron chi connectivity index (χ2n) is 5.69. The fraction of sp³-hybridized carbons (Fsp3) is 0.375. The summed E-state index contributed by atoms with van der Waals surface area (Å²) in [7, 11) is 0. The Morgan fingerprint density at radius 2 is 2.32 bits per heavy atom. The number of halogens is 1. The molecule has 6 heteroatoms. The van der Waals surface area contributed by atoms with E-state index in [1.54, 1.807) is 4.68 Å². The number of aromatic nitrogens is 2. The maximum Gasteiger partial charge on any atom is 0.307 e. The van der Waals surface area contributed by atoms with Gasteiger partial charge < -0.3 is 5.11 Å². The second-order valence-corrected chi connectivity index (χ2v) is 6.12. The van der Waals surface area contributed by atoms with E-state index < -0.39 is 5.97 Å². The largest absolute Gasteiger partial charge is 0.481 e. The number of hydrogen-bond donors (Lipinski definition) is 1. The van der Waals surface area contributed by atoms with Crippen LogP contribution in [0.15, 0.2) is 36.7 Å². The van der Waals surface area contributed by atoms with Crippen LogP contribution in [0.2, 0.25) is 5.02 Å². The first-order chi connectivity index (χ1) is 10.6. The average molecular weight is 320 g/mol. The van der Waals surface area contributed by atoms with Gasteiger partial charge in [-0.25, -0.2) is 4.68 Å². The normalized spacial score (nSPS) is 19.2. The van der Waals surface area contributed by atoms with E-state index in [1.807, 2.05) is 36.7 Å². The van der Waals surface area contributed by atoms with Crippen molar-refractivity contribution in [1.29, 1.82) is 0 Å². The van der Waals surface area contributed by atoms with Gasteiger partial charge >= 0.3 is 5.97 Å². The van der Waals surface area contributed by atoms with Gasteiger partial charge in [-0.05, 0) is 37.6 Å². The molecule has 1 aromatic heterocycles. The quantitative estimate of drug-likeness (QED) is 0.941. The fourth-order valence-corrected chi connectivity index (χ4v) is 3.05. The molecule has 1 aliphatic heterocycles. The average Bonchev–Trinajstić information content (AvgIpc) is 2.96. The molecule has 0 amide bonds. The van der Waals surface area contributed by atoms with Crippen molar-refractivity contribution in [2.45, 2.75) is 19.4 Å².